The first-order valence-corrected chi connectivity index (χ1v) is 9.51. The molecule has 0 bridgehead atoms. The van der Waals surface area contributed by atoms with Crippen LogP contribution in [-0.4, -0.2) is 43.6 Å². The summed E-state index contributed by atoms with van der Waals surface area (Å²) in [5.74, 6) is 1.69. The SMILES string of the molecule is COC(=O)C(CC1CCCCC1)N1CC(Oc2cccc(OC)c2)=CC1=O. The molecule has 1 unspecified atom stereocenters. The molecule has 1 aliphatic carbocycles. The number of hydrogen-bond acceptors (Lipinski definition) is 5. The molecule has 0 N–H and O–H groups in total. The number of esters is 1. The number of ether oxygens (including phenoxy) is 3. The Balaban J connectivity index is 1.67. The third-order valence-corrected chi connectivity index (χ3v) is 5.31. The van der Waals surface area contributed by atoms with E-state index < -0.39 is 6.04 Å². The van der Waals surface area contributed by atoms with Crippen molar-refractivity contribution in [3.05, 3.63) is 36.1 Å². The summed E-state index contributed by atoms with van der Waals surface area (Å²) < 4.78 is 16.0. The van der Waals surface area contributed by atoms with Crippen molar-refractivity contribution >= 4 is 11.9 Å². The lowest BCUT2D eigenvalue weighted by atomic mass is 9.84. The number of methoxy groups -OCH3 is 2. The van der Waals surface area contributed by atoms with E-state index in [1.54, 1.807) is 24.1 Å². The number of hydrogen-bond donors (Lipinski definition) is 0. The molecule has 3 rings (SSSR count). The van der Waals surface area contributed by atoms with E-state index in [0.717, 1.165) is 12.8 Å². The van der Waals surface area contributed by atoms with Crippen molar-refractivity contribution in [3.63, 3.8) is 0 Å². The average Bonchev–Trinajstić information content (AvgIpc) is 3.06. The zero-order chi connectivity index (χ0) is 19.2. The molecule has 1 aromatic carbocycles. The Morgan fingerprint density at radius 2 is 1.93 bits per heavy atom. The second-order valence-corrected chi connectivity index (χ2v) is 7.14. The van der Waals surface area contributed by atoms with Gasteiger partial charge in [0.05, 0.1) is 20.8 Å². The highest BCUT2D eigenvalue weighted by atomic mass is 16.5. The molecule has 27 heavy (non-hydrogen) atoms. The summed E-state index contributed by atoms with van der Waals surface area (Å²) in [5.41, 5.74) is 0. The Kier molecular flexibility index (Phi) is 6.37. The minimum Gasteiger partial charge on any atom is -0.497 e. The molecule has 1 amide bonds. The molecular weight excluding hydrogens is 346 g/mol. The number of amides is 1. The summed E-state index contributed by atoms with van der Waals surface area (Å²) in [6.07, 6.45) is 7.95. The van der Waals surface area contributed by atoms with Gasteiger partial charge in [0.15, 0.2) is 0 Å². The summed E-state index contributed by atoms with van der Waals surface area (Å²) in [6.45, 7) is 0.266. The van der Waals surface area contributed by atoms with E-state index in [9.17, 15) is 9.59 Å². The number of rotatable bonds is 7. The molecule has 0 spiro atoms. The van der Waals surface area contributed by atoms with Gasteiger partial charge in [-0.15, -0.1) is 0 Å². The van der Waals surface area contributed by atoms with Gasteiger partial charge in [0, 0.05) is 12.1 Å². The minimum atomic E-state index is -0.562. The van der Waals surface area contributed by atoms with E-state index >= 15 is 0 Å². The molecule has 1 atom stereocenters. The molecule has 1 saturated carbocycles. The Morgan fingerprint density at radius 3 is 2.63 bits per heavy atom. The molecule has 6 nitrogen and oxygen atoms in total. The maximum Gasteiger partial charge on any atom is 0.328 e. The van der Waals surface area contributed by atoms with Gasteiger partial charge in [-0.05, 0) is 24.5 Å². The Hall–Kier alpha value is -2.50. The lowest BCUT2D eigenvalue weighted by Crippen LogP contribution is -2.44. The van der Waals surface area contributed by atoms with Crippen LogP contribution in [0.2, 0.25) is 0 Å². The van der Waals surface area contributed by atoms with E-state index in [0.29, 0.717) is 29.6 Å². The molecular formula is C21H27NO5. The molecule has 0 radical (unpaired) electrons. The molecule has 146 valence electrons. The summed E-state index contributed by atoms with van der Waals surface area (Å²) >= 11 is 0. The van der Waals surface area contributed by atoms with Crippen LogP contribution in [-0.2, 0) is 14.3 Å². The largest absolute Gasteiger partial charge is 0.497 e. The van der Waals surface area contributed by atoms with Crippen LogP contribution in [0.25, 0.3) is 0 Å². The van der Waals surface area contributed by atoms with E-state index in [4.69, 9.17) is 14.2 Å². The van der Waals surface area contributed by atoms with Crippen LogP contribution in [0, 0.1) is 5.92 Å². The van der Waals surface area contributed by atoms with Crippen molar-refractivity contribution in [2.75, 3.05) is 20.8 Å². The highest BCUT2D eigenvalue weighted by molar-refractivity contribution is 5.94. The van der Waals surface area contributed by atoms with Gasteiger partial charge in [-0.3, -0.25) is 4.79 Å². The van der Waals surface area contributed by atoms with Gasteiger partial charge in [-0.25, -0.2) is 4.79 Å². The topological polar surface area (TPSA) is 65.1 Å². The maximum atomic E-state index is 12.5. The molecule has 1 aromatic rings. The number of nitrogens with zero attached hydrogens (tertiary/aromatic N) is 1. The van der Waals surface area contributed by atoms with Crippen molar-refractivity contribution in [1.29, 1.82) is 0 Å². The molecule has 1 heterocycles. The van der Waals surface area contributed by atoms with Crippen LogP contribution in [0.4, 0.5) is 0 Å². The van der Waals surface area contributed by atoms with Crippen LogP contribution >= 0.6 is 0 Å². The van der Waals surface area contributed by atoms with Crippen molar-refractivity contribution in [2.24, 2.45) is 5.92 Å². The fraction of sp³-hybridized carbons (Fsp3) is 0.524. The number of benzene rings is 1. The number of carbonyl (C=O) groups is 2. The van der Waals surface area contributed by atoms with E-state index in [1.807, 2.05) is 12.1 Å². The van der Waals surface area contributed by atoms with Crippen LogP contribution in [0.1, 0.15) is 38.5 Å². The Bertz CT molecular complexity index is 708. The zero-order valence-electron chi connectivity index (χ0n) is 16.0. The second-order valence-electron chi connectivity index (χ2n) is 7.14. The first-order chi connectivity index (χ1) is 13.1. The molecule has 6 heteroatoms. The Labute approximate surface area is 160 Å². The van der Waals surface area contributed by atoms with Crippen LogP contribution < -0.4 is 9.47 Å². The van der Waals surface area contributed by atoms with Crippen molar-refractivity contribution in [3.8, 4) is 11.5 Å². The summed E-state index contributed by atoms with van der Waals surface area (Å²) in [4.78, 5) is 26.5. The van der Waals surface area contributed by atoms with Gasteiger partial charge in [0.2, 0.25) is 0 Å². The fourth-order valence-corrected chi connectivity index (χ4v) is 3.88. The predicted octanol–water partition coefficient (Wildman–Crippen LogP) is 3.31. The zero-order valence-corrected chi connectivity index (χ0v) is 16.0. The Morgan fingerprint density at radius 1 is 1.19 bits per heavy atom. The van der Waals surface area contributed by atoms with E-state index in [-0.39, 0.29) is 18.4 Å². The monoisotopic (exact) mass is 373 g/mol. The quantitative estimate of drug-likeness (QED) is 0.686. The van der Waals surface area contributed by atoms with E-state index in [2.05, 4.69) is 0 Å². The first-order valence-electron chi connectivity index (χ1n) is 9.51. The standard InChI is InChI=1S/C21H27NO5/c1-25-16-9-6-10-17(12-16)27-18-13-20(23)22(14-18)19(21(24)26-2)11-15-7-4-3-5-8-15/h6,9-10,12-13,15,19H,3-5,7-8,11,14H2,1-2H3. The van der Waals surface area contributed by atoms with Crippen molar-refractivity contribution in [1.82, 2.24) is 4.90 Å². The van der Waals surface area contributed by atoms with Gasteiger partial charge in [0.25, 0.3) is 5.91 Å². The fourth-order valence-electron chi connectivity index (χ4n) is 3.88. The summed E-state index contributed by atoms with van der Waals surface area (Å²) in [6, 6.07) is 6.65. The molecule has 1 aliphatic heterocycles. The first kappa shape index (κ1) is 19.3. The third-order valence-electron chi connectivity index (χ3n) is 5.31. The number of carbonyl (C=O) groups excluding carboxylic acids is 2. The van der Waals surface area contributed by atoms with Gasteiger partial charge in [-0.1, -0.05) is 38.2 Å². The van der Waals surface area contributed by atoms with Crippen LogP contribution in [0.3, 0.4) is 0 Å². The highest BCUT2D eigenvalue weighted by Crippen LogP contribution is 2.31. The van der Waals surface area contributed by atoms with Crippen LogP contribution in [0.15, 0.2) is 36.1 Å². The van der Waals surface area contributed by atoms with Gasteiger partial charge in [0.1, 0.15) is 23.3 Å². The third kappa shape index (κ3) is 4.81. The summed E-state index contributed by atoms with van der Waals surface area (Å²) in [7, 11) is 2.96. The van der Waals surface area contributed by atoms with Gasteiger partial charge >= 0.3 is 5.97 Å². The average molecular weight is 373 g/mol. The van der Waals surface area contributed by atoms with Crippen molar-refractivity contribution < 1.29 is 23.8 Å². The second kappa shape index (κ2) is 8.93. The van der Waals surface area contributed by atoms with Crippen LogP contribution in [0.5, 0.6) is 11.5 Å². The lowest BCUT2D eigenvalue weighted by molar-refractivity contribution is -0.151. The smallest absolute Gasteiger partial charge is 0.328 e. The lowest BCUT2D eigenvalue weighted by Gasteiger charge is -2.30. The van der Waals surface area contributed by atoms with Crippen molar-refractivity contribution in [2.45, 2.75) is 44.6 Å². The molecule has 2 aliphatic rings. The van der Waals surface area contributed by atoms with Gasteiger partial charge < -0.3 is 19.1 Å². The normalized spacial score (nSPS) is 18.8. The maximum absolute atomic E-state index is 12.5. The van der Waals surface area contributed by atoms with Gasteiger partial charge in [-0.2, -0.15) is 0 Å². The minimum absolute atomic E-state index is 0.209. The van der Waals surface area contributed by atoms with E-state index in [1.165, 1.54) is 32.4 Å². The molecule has 1 fully saturated rings. The molecule has 0 aromatic heterocycles. The summed E-state index contributed by atoms with van der Waals surface area (Å²) in [5, 5.41) is 0. The predicted molar refractivity (Wildman–Crippen MR) is 100 cm³/mol. The highest BCUT2D eigenvalue weighted by Gasteiger charge is 2.36. The molecule has 0 saturated heterocycles.